The van der Waals surface area contributed by atoms with Gasteiger partial charge in [-0.15, -0.1) is 0 Å². The van der Waals surface area contributed by atoms with E-state index in [1.54, 1.807) is 7.11 Å². The van der Waals surface area contributed by atoms with Crippen LogP contribution < -0.4 is 0 Å². The van der Waals surface area contributed by atoms with Crippen LogP contribution in [0.5, 0.6) is 0 Å². The van der Waals surface area contributed by atoms with E-state index in [1.165, 1.54) is 5.57 Å². The van der Waals surface area contributed by atoms with E-state index in [2.05, 4.69) is 39.8 Å². The van der Waals surface area contributed by atoms with E-state index in [9.17, 15) is 0 Å². The number of ether oxygens (including phenoxy) is 2. The first-order chi connectivity index (χ1) is 8.08. The Labute approximate surface area is 106 Å². The van der Waals surface area contributed by atoms with Gasteiger partial charge >= 0.3 is 0 Å². The molecule has 0 aromatic rings. The molecule has 2 atom stereocenters. The molecule has 1 aliphatic rings. The standard InChI is InChI=1S/C15H26O2/c1-6-13-7-8-14(10-16-5)12(4)9-15(13)17-11(2)3/h7,9,11-12,14H,6,8,10H2,1-5H3/t12?,14-/m1/s1. The molecular formula is C15H26O2. The van der Waals surface area contributed by atoms with Gasteiger partial charge < -0.3 is 9.47 Å². The molecule has 0 N–H and O–H groups in total. The summed E-state index contributed by atoms with van der Waals surface area (Å²) in [5.41, 5.74) is 1.34. The van der Waals surface area contributed by atoms with E-state index in [-0.39, 0.29) is 6.10 Å². The van der Waals surface area contributed by atoms with Crippen LogP contribution in [0.15, 0.2) is 23.5 Å². The van der Waals surface area contributed by atoms with Gasteiger partial charge in [0.05, 0.1) is 6.10 Å². The van der Waals surface area contributed by atoms with Gasteiger partial charge in [-0.25, -0.2) is 0 Å². The van der Waals surface area contributed by atoms with Crippen molar-refractivity contribution in [2.24, 2.45) is 11.8 Å². The van der Waals surface area contributed by atoms with Gasteiger partial charge in [0.2, 0.25) is 0 Å². The summed E-state index contributed by atoms with van der Waals surface area (Å²) in [6.07, 6.45) is 6.94. The highest BCUT2D eigenvalue weighted by Crippen LogP contribution is 2.29. The quantitative estimate of drug-likeness (QED) is 0.722. The van der Waals surface area contributed by atoms with Crippen molar-refractivity contribution in [3.05, 3.63) is 23.5 Å². The zero-order valence-electron chi connectivity index (χ0n) is 11.8. The predicted molar refractivity (Wildman–Crippen MR) is 71.8 cm³/mol. The second-order valence-electron chi connectivity index (χ2n) is 5.09. The number of hydrogen-bond acceptors (Lipinski definition) is 2. The lowest BCUT2D eigenvalue weighted by molar-refractivity contribution is 0.132. The second-order valence-corrected chi connectivity index (χ2v) is 5.09. The average molecular weight is 238 g/mol. The van der Waals surface area contributed by atoms with Crippen LogP contribution in [-0.2, 0) is 9.47 Å². The van der Waals surface area contributed by atoms with Crippen molar-refractivity contribution < 1.29 is 9.47 Å². The zero-order chi connectivity index (χ0) is 12.8. The average Bonchev–Trinajstić information content (AvgIpc) is 2.39. The minimum atomic E-state index is 0.238. The van der Waals surface area contributed by atoms with Crippen LogP contribution in [0.25, 0.3) is 0 Å². The third-order valence-corrected chi connectivity index (χ3v) is 3.27. The first-order valence-corrected chi connectivity index (χ1v) is 6.65. The minimum absolute atomic E-state index is 0.238. The van der Waals surface area contributed by atoms with Crippen LogP contribution in [0.2, 0.25) is 0 Å². The molecule has 0 aromatic carbocycles. The van der Waals surface area contributed by atoms with Gasteiger partial charge in [-0.05, 0) is 50.2 Å². The van der Waals surface area contributed by atoms with Gasteiger partial charge in [0.25, 0.3) is 0 Å². The molecule has 17 heavy (non-hydrogen) atoms. The zero-order valence-corrected chi connectivity index (χ0v) is 11.8. The molecule has 98 valence electrons. The molecule has 0 fully saturated rings. The molecule has 1 unspecified atom stereocenters. The summed E-state index contributed by atoms with van der Waals surface area (Å²) in [6.45, 7) is 9.41. The van der Waals surface area contributed by atoms with E-state index >= 15 is 0 Å². The molecule has 0 aliphatic heterocycles. The van der Waals surface area contributed by atoms with Crippen molar-refractivity contribution in [1.82, 2.24) is 0 Å². The number of rotatable bonds is 5. The van der Waals surface area contributed by atoms with Gasteiger partial charge in [-0.1, -0.05) is 19.9 Å². The van der Waals surface area contributed by atoms with Gasteiger partial charge in [-0.3, -0.25) is 0 Å². The van der Waals surface area contributed by atoms with Crippen molar-refractivity contribution in [3.63, 3.8) is 0 Å². The van der Waals surface area contributed by atoms with Crippen molar-refractivity contribution >= 4 is 0 Å². The number of hydrogen-bond donors (Lipinski definition) is 0. The van der Waals surface area contributed by atoms with Crippen LogP contribution in [0, 0.1) is 11.8 Å². The largest absolute Gasteiger partial charge is 0.491 e. The lowest BCUT2D eigenvalue weighted by Crippen LogP contribution is -2.14. The summed E-state index contributed by atoms with van der Waals surface area (Å²) in [6, 6.07) is 0. The Morgan fingerprint density at radius 3 is 2.65 bits per heavy atom. The Hall–Kier alpha value is -0.760. The molecule has 2 nitrogen and oxygen atoms in total. The lowest BCUT2D eigenvalue weighted by Gasteiger charge is -2.19. The molecule has 1 aliphatic carbocycles. The maximum Gasteiger partial charge on any atom is 0.118 e. The van der Waals surface area contributed by atoms with E-state index in [4.69, 9.17) is 9.47 Å². The Balaban J connectivity index is 2.86. The molecule has 1 rings (SSSR count). The van der Waals surface area contributed by atoms with E-state index in [1.807, 2.05) is 0 Å². The molecule has 2 heteroatoms. The molecule has 0 amide bonds. The summed E-state index contributed by atoms with van der Waals surface area (Å²) in [7, 11) is 1.78. The van der Waals surface area contributed by atoms with Crippen LogP contribution in [0.4, 0.5) is 0 Å². The summed E-state index contributed by atoms with van der Waals surface area (Å²) in [5.74, 6) is 2.15. The van der Waals surface area contributed by atoms with E-state index in [0.717, 1.165) is 25.2 Å². The Morgan fingerprint density at radius 2 is 2.12 bits per heavy atom. The third-order valence-electron chi connectivity index (χ3n) is 3.27. The molecule has 0 radical (unpaired) electrons. The number of allylic oxidation sites excluding steroid dienone is 3. The summed E-state index contributed by atoms with van der Waals surface area (Å²) < 4.78 is 11.2. The maximum atomic E-state index is 5.92. The highest BCUT2D eigenvalue weighted by molar-refractivity contribution is 5.28. The minimum Gasteiger partial charge on any atom is -0.491 e. The molecule has 0 bridgehead atoms. The highest BCUT2D eigenvalue weighted by atomic mass is 16.5. The fraction of sp³-hybridized carbons (Fsp3) is 0.733. The van der Waals surface area contributed by atoms with Crippen molar-refractivity contribution in [2.75, 3.05) is 13.7 Å². The Morgan fingerprint density at radius 1 is 1.41 bits per heavy atom. The Kier molecular flexibility index (Phi) is 5.76. The third kappa shape index (κ3) is 4.19. The number of methoxy groups -OCH3 is 1. The molecule has 0 spiro atoms. The predicted octanol–water partition coefficient (Wildman–Crippen LogP) is 3.93. The summed E-state index contributed by atoms with van der Waals surface area (Å²) >= 11 is 0. The van der Waals surface area contributed by atoms with Crippen molar-refractivity contribution in [1.29, 1.82) is 0 Å². The molecule has 0 saturated heterocycles. The molecular weight excluding hydrogens is 212 g/mol. The van der Waals surface area contributed by atoms with Crippen LogP contribution >= 0.6 is 0 Å². The van der Waals surface area contributed by atoms with Crippen LogP contribution in [0.3, 0.4) is 0 Å². The van der Waals surface area contributed by atoms with Gasteiger partial charge in [0.15, 0.2) is 0 Å². The normalized spacial score (nSPS) is 25.3. The van der Waals surface area contributed by atoms with Gasteiger partial charge in [-0.2, -0.15) is 0 Å². The SMILES string of the molecule is CCC1=CC[C@H](COC)C(C)C=C1OC(C)C. The first-order valence-electron chi connectivity index (χ1n) is 6.65. The van der Waals surface area contributed by atoms with Crippen molar-refractivity contribution in [2.45, 2.75) is 46.6 Å². The summed E-state index contributed by atoms with van der Waals surface area (Å²) in [4.78, 5) is 0. The van der Waals surface area contributed by atoms with Gasteiger partial charge in [0.1, 0.15) is 5.76 Å². The van der Waals surface area contributed by atoms with Crippen LogP contribution in [0.1, 0.15) is 40.5 Å². The van der Waals surface area contributed by atoms with Gasteiger partial charge in [0, 0.05) is 13.7 Å². The van der Waals surface area contributed by atoms with Crippen molar-refractivity contribution in [3.8, 4) is 0 Å². The highest BCUT2D eigenvalue weighted by Gasteiger charge is 2.20. The second kappa shape index (κ2) is 6.85. The lowest BCUT2D eigenvalue weighted by atomic mass is 9.92. The monoisotopic (exact) mass is 238 g/mol. The van der Waals surface area contributed by atoms with E-state index in [0.29, 0.717) is 11.8 Å². The fourth-order valence-corrected chi connectivity index (χ4v) is 2.21. The Bertz CT molecular complexity index is 289. The fourth-order valence-electron chi connectivity index (χ4n) is 2.21. The van der Waals surface area contributed by atoms with Crippen LogP contribution in [-0.4, -0.2) is 19.8 Å². The smallest absolute Gasteiger partial charge is 0.118 e. The van der Waals surface area contributed by atoms with E-state index < -0.39 is 0 Å². The topological polar surface area (TPSA) is 18.5 Å². The molecule has 0 heterocycles. The maximum absolute atomic E-state index is 5.92. The first kappa shape index (κ1) is 14.3. The summed E-state index contributed by atoms with van der Waals surface area (Å²) in [5, 5.41) is 0. The molecule has 0 saturated carbocycles. The molecule has 0 aromatic heterocycles.